The van der Waals surface area contributed by atoms with Gasteiger partial charge in [0.05, 0.1) is 6.26 Å². The van der Waals surface area contributed by atoms with Crippen LogP contribution in [-0.4, -0.2) is 13.1 Å². The van der Waals surface area contributed by atoms with Crippen molar-refractivity contribution in [1.29, 1.82) is 0 Å². The Morgan fingerprint density at radius 3 is 2.47 bits per heavy atom. The lowest BCUT2D eigenvalue weighted by Gasteiger charge is -2.33. The van der Waals surface area contributed by atoms with Crippen molar-refractivity contribution in [2.75, 3.05) is 13.1 Å². The van der Waals surface area contributed by atoms with E-state index < -0.39 is 0 Å². The molecular weight excluding hydrogens is 210 g/mol. The highest BCUT2D eigenvalue weighted by atomic mass is 16.3. The molecule has 0 aliphatic rings. The van der Waals surface area contributed by atoms with Gasteiger partial charge in [-0.25, -0.2) is 0 Å². The zero-order valence-electron chi connectivity index (χ0n) is 11.9. The second-order valence-electron chi connectivity index (χ2n) is 6.09. The predicted molar refractivity (Wildman–Crippen MR) is 73.1 cm³/mol. The quantitative estimate of drug-likeness (QED) is 0.781. The van der Waals surface area contributed by atoms with E-state index in [-0.39, 0.29) is 5.41 Å². The van der Waals surface area contributed by atoms with Gasteiger partial charge in [-0.1, -0.05) is 34.6 Å². The Morgan fingerprint density at radius 2 is 2.00 bits per heavy atom. The number of hydrogen-bond donors (Lipinski definition) is 1. The van der Waals surface area contributed by atoms with Gasteiger partial charge in [-0.3, -0.25) is 0 Å². The standard InChI is InChI=1S/C15H27NO/c1-12(2)10-16-11-15(5,13(3)4)9-14-7-6-8-17-14/h6-8,12-13,16H,9-11H2,1-5H3. The lowest BCUT2D eigenvalue weighted by atomic mass is 9.75. The molecule has 0 aromatic carbocycles. The maximum Gasteiger partial charge on any atom is 0.104 e. The van der Waals surface area contributed by atoms with Crippen LogP contribution < -0.4 is 5.32 Å². The molecule has 0 radical (unpaired) electrons. The predicted octanol–water partition coefficient (Wildman–Crippen LogP) is 3.73. The minimum absolute atomic E-state index is 0.257. The second-order valence-corrected chi connectivity index (χ2v) is 6.09. The number of rotatable bonds is 7. The molecule has 0 aliphatic carbocycles. The summed E-state index contributed by atoms with van der Waals surface area (Å²) in [5.74, 6) is 2.43. The van der Waals surface area contributed by atoms with Crippen LogP contribution in [0.1, 0.15) is 40.4 Å². The van der Waals surface area contributed by atoms with E-state index >= 15 is 0 Å². The summed E-state index contributed by atoms with van der Waals surface area (Å²) in [5, 5.41) is 3.58. The lowest BCUT2D eigenvalue weighted by molar-refractivity contribution is 0.192. The van der Waals surface area contributed by atoms with Crippen molar-refractivity contribution < 1.29 is 4.42 Å². The van der Waals surface area contributed by atoms with Gasteiger partial charge in [0.2, 0.25) is 0 Å². The van der Waals surface area contributed by atoms with Crippen LogP contribution in [0, 0.1) is 17.3 Å². The van der Waals surface area contributed by atoms with Crippen LogP contribution in [0.4, 0.5) is 0 Å². The smallest absolute Gasteiger partial charge is 0.104 e. The average Bonchev–Trinajstić information content (AvgIpc) is 2.69. The second kappa shape index (κ2) is 6.25. The van der Waals surface area contributed by atoms with Gasteiger partial charge in [-0.05, 0) is 35.9 Å². The van der Waals surface area contributed by atoms with Gasteiger partial charge in [0.15, 0.2) is 0 Å². The molecule has 0 fully saturated rings. The molecule has 0 spiro atoms. The summed E-state index contributed by atoms with van der Waals surface area (Å²) in [6.07, 6.45) is 2.76. The van der Waals surface area contributed by atoms with Crippen LogP contribution in [0.15, 0.2) is 22.8 Å². The molecule has 1 atom stereocenters. The number of furan rings is 1. The van der Waals surface area contributed by atoms with Crippen LogP contribution in [0.2, 0.25) is 0 Å². The van der Waals surface area contributed by atoms with Gasteiger partial charge in [-0.15, -0.1) is 0 Å². The third-order valence-corrected chi connectivity index (χ3v) is 3.63. The summed E-state index contributed by atoms with van der Waals surface area (Å²) in [5.41, 5.74) is 0.257. The highest BCUT2D eigenvalue weighted by Crippen LogP contribution is 2.30. The first-order chi connectivity index (χ1) is 7.94. The fraction of sp³-hybridized carbons (Fsp3) is 0.733. The normalized spacial score (nSPS) is 15.5. The molecule has 1 N–H and O–H groups in total. The molecule has 0 aliphatic heterocycles. The van der Waals surface area contributed by atoms with Gasteiger partial charge in [0.1, 0.15) is 5.76 Å². The lowest BCUT2D eigenvalue weighted by Crippen LogP contribution is -2.39. The molecule has 2 heteroatoms. The molecule has 98 valence electrons. The molecular formula is C15H27NO. The van der Waals surface area contributed by atoms with E-state index in [1.54, 1.807) is 6.26 Å². The van der Waals surface area contributed by atoms with E-state index in [1.807, 2.05) is 6.07 Å². The maximum absolute atomic E-state index is 5.48. The summed E-state index contributed by atoms with van der Waals surface area (Å²) in [6.45, 7) is 13.5. The molecule has 1 heterocycles. The SMILES string of the molecule is CC(C)CNCC(C)(Cc1ccco1)C(C)C. The molecule has 0 bridgehead atoms. The largest absolute Gasteiger partial charge is 0.469 e. The van der Waals surface area contributed by atoms with E-state index in [9.17, 15) is 0 Å². The fourth-order valence-corrected chi connectivity index (χ4v) is 1.93. The number of nitrogens with one attached hydrogen (secondary N) is 1. The molecule has 1 aromatic heterocycles. The summed E-state index contributed by atoms with van der Waals surface area (Å²) in [4.78, 5) is 0. The van der Waals surface area contributed by atoms with Gasteiger partial charge in [-0.2, -0.15) is 0 Å². The summed E-state index contributed by atoms with van der Waals surface area (Å²) in [6, 6.07) is 4.04. The fourth-order valence-electron chi connectivity index (χ4n) is 1.93. The van der Waals surface area contributed by atoms with E-state index in [1.165, 1.54) is 0 Å². The first-order valence-corrected chi connectivity index (χ1v) is 6.67. The Morgan fingerprint density at radius 1 is 1.29 bits per heavy atom. The van der Waals surface area contributed by atoms with E-state index in [2.05, 4.69) is 46.0 Å². The Bertz CT molecular complexity index is 303. The zero-order valence-corrected chi connectivity index (χ0v) is 11.9. The van der Waals surface area contributed by atoms with Crippen molar-refractivity contribution >= 4 is 0 Å². The average molecular weight is 237 g/mol. The number of hydrogen-bond acceptors (Lipinski definition) is 2. The molecule has 1 aromatic rings. The van der Waals surface area contributed by atoms with Crippen LogP contribution >= 0.6 is 0 Å². The molecule has 1 unspecified atom stereocenters. The maximum atomic E-state index is 5.48. The van der Waals surface area contributed by atoms with Crippen LogP contribution in [-0.2, 0) is 6.42 Å². The highest BCUT2D eigenvalue weighted by molar-refractivity contribution is 5.02. The van der Waals surface area contributed by atoms with Gasteiger partial charge in [0, 0.05) is 13.0 Å². The van der Waals surface area contributed by atoms with Crippen molar-refractivity contribution in [2.45, 2.75) is 41.0 Å². The van der Waals surface area contributed by atoms with Crippen molar-refractivity contribution in [1.82, 2.24) is 5.32 Å². The Hall–Kier alpha value is -0.760. The van der Waals surface area contributed by atoms with Gasteiger partial charge in [0.25, 0.3) is 0 Å². The van der Waals surface area contributed by atoms with E-state index in [0.29, 0.717) is 11.8 Å². The van der Waals surface area contributed by atoms with Crippen LogP contribution in [0.25, 0.3) is 0 Å². The van der Waals surface area contributed by atoms with Crippen LogP contribution in [0.5, 0.6) is 0 Å². The molecule has 2 nitrogen and oxygen atoms in total. The molecule has 0 saturated carbocycles. The zero-order chi connectivity index (χ0) is 12.9. The Kier molecular flexibility index (Phi) is 5.26. The molecule has 0 amide bonds. The van der Waals surface area contributed by atoms with Gasteiger partial charge < -0.3 is 9.73 Å². The summed E-state index contributed by atoms with van der Waals surface area (Å²) < 4.78 is 5.48. The third-order valence-electron chi connectivity index (χ3n) is 3.63. The third kappa shape index (κ3) is 4.55. The highest BCUT2D eigenvalue weighted by Gasteiger charge is 2.29. The van der Waals surface area contributed by atoms with Crippen molar-refractivity contribution in [3.8, 4) is 0 Å². The summed E-state index contributed by atoms with van der Waals surface area (Å²) >= 11 is 0. The van der Waals surface area contributed by atoms with Crippen molar-refractivity contribution in [3.63, 3.8) is 0 Å². The minimum atomic E-state index is 0.257. The van der Waals surface area contributed by atoms with Crippen LogP contribution in [0.3, 0.4) is 0 Å². The van der Waals surface area contributed by atoms with E-state index in [0.717, 1.165) is 25.3 Å². The minimum Gasteiger partial charge on any atom is -0.469 e. The van der Waals surface area contributed by atoms with Crippen molar-refractivity contribution in [2.24, 2.45) is 17.3 Å². The Labute approximate surface area is 106 Å². The van der Waals surface area contributed by atoms with Crippen molar-refractivity contribution in [3.05, 3.63) is 24.2 Å². The summed E-state index contributed by atoms with van der Waals surface area (Å²) in [7, 11) is 0. The topological polar surface area (TPSA) is 25.2 Å². The monoisotopic (exact) mass is 237 g/mol. The first kappa shape index (κ1) is 14.3. The van der Waals surface area contributed by atoms with Gasteiger partial charge >= 0.3 is 0 Å². The Balaban J connectivity index is 2.56. The first-order valence-electron chi connectivity index (χ1n) is 6.67. The molecule has 1 rings (SSSR count). The van der Waals surface area contributed by atoms with E-state index in [4.69, 9.17) is 4.42 Å². The molecule has 17 heavy (non-hydrogen) atoms. The molecule has 0 saturated heterocycles.